The van der Waals surface area contributed by atoms with Gasteiger partial charge in [0.25, 0.3) is 0 Å². The maximum absolute atomic E-state index is 12.9. The van der Waals surface area contributed by atoms with Gasteiger partial charge in [-0.1, -0.05) is 197 Å². The first kappa shape index (κ1) is 56.9. The summed E-state index contributed by atoms with van der Waals surface area (Å²) in [6.07, 6.45) is 49.0. The Kier molecular flexibility index (Phi) is 39.1. The molecule has 7 atom stereocenters. The average Bonchev–Trinajstić information content (AvgIpc) is 3.26. The van der Waals surface area contributed by atoms with Gasteiger partial charge in [0.2, 0.25) is 5.91 Å². The van der Waals surface area contributed by atoms with Crippen molar-refractivity contribution in [3.8, 4) is 0 Å². The second-order valence-corrected chi connectivity index (χ2v) is 17.2. The van der Waals surface area contributed by atoms with Crippen molar-refractivity contribution in [2.45, 2.75) is 249 Å². The molecule has 0 aliphatic carbocycles. The van der Waals surface area contributed by atoms with Crippen molar-refractivity contribution in [1.82, 2.24) is 5.32 Å². The molecule has 354 valence electrons. The third kappa shape index (κ3) is 32.2. The van der Waals surface area contributed by atoms with Crippen LogP contribution in [0.15, 0.2) is 60.8 Å². The molecule has 1 fully saturated rings. The summed E-state index contributed by atoms with van der Waals surface area (Å²) in [5.41, 5.74) is 0. The zero-order chi connectivity index (χ0) is 44.4. The predicted molar refractivity (Wildman–Crippen MR) is 253 cm³/mol. The van der Waals surface area contributed by atoms with E-state index in [-0.39, 0.29) is 12.5 Å². The minimum Gasteiger partial charge on any atom is -0.394 e. The van der Waals surface area contributed by atoms with E-state index in [9.17, 15) is 30.3 Å². The lowest BCUT2D eigenvalue weighted by Crippen LogP contribution is -2.60. The van der Waals surface area contributed by atoms with E-state index in [0.29, 0.717) is 6.42 Å². The topological polar surface area (TPSA) is 149 Å². The van der Waals surface area contributed by atoms with Crippen LogP contribution in [-0.4, -0.2) is 87.5 Å². The van der Waals surface area contributed by atoms with Crippen molar-refractivity contribution in [1.29, 1.82) is 0 Å². The minimum atomic E-state index is -1.57. The van der Waals surface area contributed by atoms with E-state index < -0.39 is 49.5 Å². The van der Waals surface area contributed by atoms with E-state index >= 15 is 0 Å². The highest BCUT2D eigenvalue weighted by Gasteiger charge is 2.44. The molecule has 0 spiro atoms. The Morgan fingerprint density at radius 3 is 1.54 bits per heavy atom. The number of allylic oxidation sites excluding steroid dienone is 9. The molecule has 7 unspecified atom stereocenters. The summed E-state index contributed by atoms with van der Waals surface area (Å²) in [4.78, 5) is 12.9. The first-order chi connectivity index (χ1) is 29.8. The predicted octanol–water partition coefficient (Wildman–Crippen LogP) is 11.2. The van der Waals surface area contributed by atoms with Crippen molar-refractivity contribution in [3.63, 3.8) is 0 Å². The van der Waals surface area contributed by atoms with E-state index in [0.717, 1.165) is 57.8 Å². The van der Waals surface area contributed by atoms with Gasteiger partial charge < -0.3 is 40.3 Å². The monoisotopic (exact) mass is 860 g/mol. The van der Waals surface area contributed by atoms with E-state index in [4.69, 9.17) is 9.47 Å². The van der Waals surface area contributed by atoms with E-state index in [1.807, 2.05) is 6.08 Å². The number of carbonyl (C=O) groups is 1. The first-order valence-corrected chi connectivity index (χ1v) is 25.0. The van der Waals surface area contributed by atoms with Gasteiger partial charge in [-0.25, -0.2) is 0 Å². The molecular weight excluding hydrogens is 767 g/mol. The lowest BCUT2D eigenvalue weighted by molar-refractivity contribution is -0.302. The fraction of sp³-hybridized carbons (Fsp3) is 0.788. The Balaban J connectivity index is 2.09. The van der Waals surface area contributed by atoms with Crippen LogP contribution in [0, 0.1) is 0 Å². The van der Waals surface area contributed by atoms with Crippen LogP contribution in [0.25, 0.3) is 0 Å². The van der Waals surface area contributed by atoms with Crippen LogP contribution < -0.4 is 5.32 Å². The Hall–Kier alpha value is -2.11. The van der Waals surface area contributed by atoms with Crippen molar-refractivity contribution in [2.24, 2.45) is 0 Å². The summed E-state index contributed by atoms with van der Waals surface area (Å²) < 4.78 is 11.1. The minimum absolute atomic E-state index is 0.193. The lowest BCUT2D eigenvalue weighted by atomic mass is 9.99. The number of rotatable bonds is 41. The number of nitrogens with one attached hydrogen (secondary N) is 1. The molecule has 1 heterocycles. The Labute approximate surface area is 373 Å². The Morgan fingerprint density at radius 2 is 1.02 bits per heavy atom. The molecule has 0 aromatic carbocycles. The number of hydrogen-bond donors (Lipinski definition) is 6. The maximum atomic E-state index is 12.9. The van der Waals surface area contributed by atoms with Gasteiger partial charge in [0, 0.05) is 6.42 Å². The highest BCUT2D eigenvalue weighted by Crippen LogP contribution is 2.22. The van der Waals surface area contributed by atoms with E-state index in [1.54, 1.807) is 6.08 Å². The van der Waals surface area contributed by atoms with Crippen LogP contribution in [-0.2, 0) is 14.3 Å². The summed E-state index contributed by atoms with van der Waals surface area (Å²) >= 11 is 0. The number of aliphatic hydroxyl groups is 5. The SMILES string of the molecule is CCC/C=C/CC/C=C/C(O)C(COC1OC(CO)C(O)C(O)C1O)NC(=O)CCCCCCCCCCCCCCCCCC/C=C\C/C=C\C/C=C\CCCCCCC. The van der Waals surface area contributed by atoms with Crippen molar-refractivity contribution in [3.05, 3.63) is 60.8 Å². The van der Waals surface area contributed by atoms with Crippen LogP contribution in [0.5, 0.6) is 0 Å². The molecule has 0 saturated carbocycles. The molecule has 1 rings (SSSR count). The second-order valence-electron chi connectivity index (χ2n) is 17.2. The molecule has 0 aromatic heterocycles. The number of aliphatic hydroxyl groups excluding tert-OH is 5. The molecule has 9 nitrogen and oxygen atoms in total. The number of ether oxygens (including phenoxy) is 2. The summed E-state index contributed by atoms with van der Waals surface area (Å²) in [6, 6.07) is -0.819. The third-order valence-electron chi connectivity index (χ3n) is 11.5. The number of unbranched alkanes of at least 4 members (excludes halogenated alkanes) is 23. The van der Waals surface area contributed by atoms with E-state index in [1.165, 1.54) is 128 Å². The second kappa shape index (κ2) is 41.9. The third-order valence-corrected chi connectivity index (χ3v) is 11.5. The quantitative estimate of drug-likeness (QED) is 0.0263. The molecule has 0 radical (unpaired) electrons. The molecule has 1 aliphatic rings. The highest BCUT2D eigenvalue weighted by molar-refractivity contribution is 5.76. The van der Waals surface area contributed by atoms with Gasteiger partial charge in [0.05, 0.1) is 25.4 Å². The van der Waals surface area contributed by atoms with Crippen LogP contribution >= 0.6 is 0 Å². The molecule has 9 heteroatoms. The molecule has 1 saturated heterocycles. The summed E-state index contributed by atoms with van der Waals surface area (Å²) in [5, 5.41) is 53.9. The smallest absolute Gasteiger partial charge is 0.220 e. The fourth-order valence-electron chi connectivity index (χ4n) is 7.54. The molecule has 0 aromatic rings. The summed E-state index contributed by atoms with van der Waals surface area (Å²) in [7, 11) is 0. The highest BCUT2D eigenvalue weighted by atomic mass is 16.7. The number of hydrogen-bond acceptors (Lipinski definition) is 8. The first-order valence-electron chi connectivity index (χ1n) is 25.0. The van der Waals surface area contributed by atoms with Gasteiger partial charge in [-0.3, -0.25) is 4.79 Å². The van der Waals surface area contributed by atoms with Crippen molar-refractivity contribution < 1.29 is 39.8 Å². The van der Waals surface area contributed by atoms with Gasteiger partial charge in [0.1, 0.15) is 24.4 Å². The summed E-state index contributed by atoms with van der Waals surface area (Å²) in [5.74, 6) is -0.193. The molecule has 1 amide bonds. The van der Waals surface area contributed by atoms with Crippen LogP contribution in [0.3, 0.4) is 0 Å². The standard InChI is InChI=1S/C52H93NO8/c1-3-5-7-9-11-12-13-14-15-16-17-18-19-20-21-22-23-24-25-26-27-28-29-30-31-32-33-34-36-38-40-42-48(56)53-45(46(55)41-39-37-35-10-8-6-4-2)44-60-52-51(59)50(58)49(57)47(43-54)61-52/h8,10,13-14,16-17,19-20,39,41,45-47,49-52,54-55,57-59H,3-7,9,11-12,15,18,21-38,40,42-44H2,1-2H3,(H,53,56)/b10-8+,14-13-,17-16-,20-19-,41-39+. The number of amides is 1. The van der Waals surface area contributed by atoms with Crippen LogP contribution in [0.2, 0.25) is 0 Å². The molecule has 0 bridgehead atoms. The molecule has 1 aliphatic heterocycles. The van der Waals surface area contributed by atoms with Gasteiger partial charge in [0.15, 0.2) is 6.29 Å². The van der Waals surface area contributed by atoms with Crippen molar-refractivity contribution >= 4 is 5.91 Å². The largest absolute Gasteiger partial charge is 0.394 e. The zero-order valence-electron chi connectivity index (χ0n) is 38.9. The van der Waals surface area contributed by atoms with Crippen molar-refractivity contribution in [2.75, 3.05) is 13.2 Å². The zero-order valence-corrected chi connectivity index (χ0v) is 38.9. The van der Waals surface area contributed by atoms with Gasteiger partial charge in [-0.05, 0) is 64.2 Å². The normalized spacial score (nSPS) is 20.9. The maximum Gasteiger partial charge on any atom is 0.220 e. The average molecular weight is 860 g/mol. The molecule has 61 heavy (non-hydrogen) atoms. The molecular formula is C52H93NO8. The van der Waals surface area contributed by atoms with Crippen LogP contribution in [0.1, 0.15) is 206 Å². The van der Waals surface area contributed by atoms with Gasteiger partial charge in [-0.2, -0.15) is 0 Å². The van der Waals surface area contributed by atoms with E-state index in [2.05, 4.69) is 67.8 Å². The van der Waals surface area contributed by atoms with Gasteiger partial charge in [-0.15, -0.1) is 0 Å². The van der Waals surface area contributed by atoms with Crippen LogP contribution in [0.4, 0.5) is 0 Å². The number of carbonyl (C=O) groups excluding carboxylic acids is 1. The Morgan fingerprint density at radius 1 is 0.557 bits per heavy atom. The fourth-order valence-corrected chi connectivity index (χ4v) is 7.54. The summed E-state index contributed by atoms with van der Waals surface area (Å²) in [6.45, 7) is 3.63. The molecule has 6 N–H and O–H groups in total. The van der Waals surface area contributed by atoms with Gasteiger partial charge >= 0.3 is 0 Å². The lowest BCUT2D eigenvalue weighted by Gasteiger charge is -2.40. The Bertz CT molecular complexity index is 1140.